The Morgan fingerprint density at radius 2 is 1.74 bits per heavy atom. The van der Waals surface area contributed by atoms with E-state index in [2.05, 4.69) is 34.9 Å². The minimum absolute atomic E-state index is 0.0190. The molecule has 0 bridgehead atoms. The van der Waals surface area contributed by atoms with Gasteiger partial charge in [-0.2, -0.15) is 0 Å². The van der Waals surface area contributed by atoms with Gasteiger partial charge in [0, 0.05) is 36.6 Å². The maximum absolute atomic E-state index is 12.5. The summed E-state index contributed by atoms with van der Waals surface area (Å²) in [6.07, 6.45) is 1.57. The van der Waals surface area contributed by atoms with Crippen molar-refractivity contribution in [3.8, 4) is 11.1 Å². The largest absolute Gasteiger partial charge is 0.481 e. The fourth-order valence-corrected chi connectivity index (χ4v) is 4.72. The van der Waals surface area contributed by atoms with E-state index >= 15 is 0 Å². The third-order valence-corrected chi connectivity index (χ3v) is 6.58. The number of nitrogens with one attached hydrogen (secondary N) is 2. The molecule has 2 atom stereocenters. The molecule has 0 saturated carbocycles. The molecule has 2 unspecified atom stereocenters. The molecule has 1 fully saturated rings. The molecule has 0 radical (unpaired) electrons. The average molecular weight is 479 g/mol. The Hall–Kier alpha value is -3.65. The van der Waals surface area contributed by atoms with Crippen molar-refractivity contribution in [1.29, 1.82) is 0 Å². The maximum atomic E-state index is 12.5. The second-order valence-corrected chi connectivity index (χ2v) is 8.90. The molecule has 4 rings (SSSR count). The van der Waals surface area contributed by atoms with Crippen molar-refractivity contribution < 1.29 is 29.0 Å². The summed E-state index contributed by atoms with van der Waals surface area (Å²) < 4.78 is 10.9. The Balaban J connectivity index is 1.26. The van der Waals surface area contributed by atoms with Gasteiger partial charge in [0.05, 0.1) is 13.0 Å². The third-order valence-electron chi connectivity index (χ3n) is 6.58. The first kappa shape index (κ1) is 24.5. The topological polar surface area (TPSA) is 114 Å². The van der Waals surface area contributed by atoms with Gasteiger partial charge < -0.3 is 25.2 Å². The highest BCUT2D eigenvalue weighted by atomic mass is 16.5. The van der Waals surface area contributed by atoms with Crippen molar-refractivity contribution in [2.45, 2.75) is 31.7 Å². The lowest BCUT2D eigenvalue weighted by Crippen LogP contribution is -2.46. The van der Waals surface area contributed by atoms with Crippen molar-refractivity contribution in [3.05, 3.63) is 71.3 Å². The number of alkyl carbamates (subject to hydrolysis) is 1. The molecular formula is C27H30N2O6. The van der Waals surface area contributed by atoms with E-state index in [4.69, 9.17) is 14.6 Å². The standard InChI is InChI=1S/C27H30N2O6/c1-17(26(32)29-24-11-13-34-15-18(24)14-25(30)31)10-12-28-27(33)35-16-23-21-8-4-2-6-19(21)20-7-3-5-9-22(20)23/h2-10,18,23-24H,11-16H2,1H3,(H,28,33)(H,29,32)(H,30,31)/b17-10+. The van der Waals surface area contributed by atoms with Crippen molar-refractivity contribution in [1.82, 2.24) is 10.6 Å². The van der Waals surface area contributed by atoms with Crippen molar-refractivity contribution >= 4 is 18.0 Å². The molecule has 1 saturated heterocycles. The molecule has 2 aromatic carbocycles. The normalized spacial score (nSPS) is 19.4. The number of ether oxygens (including phenoxy) is 2. The van der Waals surface area contributed by atoms with Crippen LogP contribution in [0.25, 0.3) is 11.1 Å². The lowest BCUT2D eigenvalue weighted by atomic mass is 9.92. The second kappa shape index (κ2) is 11.2. The number of hydrogen-bond acceptors (Lipinski definition) is 5. The van der Waals surface area contributed by atoms with E-state index in [-0.39, 0.29) is 43.4 Å². The Bertz CT molecular complexity index is 1080. The number of carboxylic acids is 1. The van der Waals surface area contributed by atoms with Crippen LogP contribution in [0, 0.1) is 5.92 Å². The van der Waals surface area contributed by atoms with E-state index in [1.54, 1.807) is 13.0 Å². The zero-order chi connectivity index (χ0) is 24.8. The van der Waals surface area contributed by atoms with Gasteiger partial charge in [-0.25, -0.2) is 4.79 Å². The Morgan fingerprint density at radius 3 is 2.40 bits per heavy atom. The summed E-state index contributed by atoms with van der Waals surface area (Å²) in [6.45, 7) is 2.80. The van der Waals surface area contributed by atoms with E-state index in [0.717, 1.165) is 22.3 Å². The van der Waals surface area contributed by atoms with Gasteiger partial charge in [-0.05, 0) is 35.6 Å². The molecule has 1 aliphatic carbocycles. The number of hydrogen-bond donors (Lipinski definition) is 3. The van der Waals surface area contributed by atoms with Gasteiger partial charge in [0.1, 0.15) is 6.61 Å². The van der Waals surface area contributed by atoms with Crippen LogP contribution in [-0.2, 0) is 19.1 Å². The van der Waals surface area contributed by atoms with E-state index in [1.165, 1.54) is 0 Å². The maximum Gasteiger partial charge on any atom is 0.407 e. The van der Waals surface area contributed by atoms with Crippen LogP contribution in [0.1, 0.15) is 36.8 Å². The SMILES string of the molecule is C/C(=C\CNC(=O)OCC1c2ccccc2-c2ccccc21)C(=O)NC1CCOCC1CC(=O)O. The van der Waals surface area contributed by atoms with Gasteiger partial charge in [-0.1, -0.05) is 54.6 Å². The number of carbonyl (C=O) groups is 3. The summed E-state index contributed by atoms with van der Waals surface area (Å²) in [7, 11) is 0. The zero-order valence-corrected chi connectivity index (χ0v) is 19.7. The summed E-state index contributed by atoms with van der Waals surface area (Å²) in [5.74, 6) is -1.49. The van der Waals surface area contributed by atoms with Gasteiger partial charge in [0.25, 0.3) is 0 Å². The van der Waals surface area contributed by atoms with Crippen molar-refractivity contribution in [3.63, 3.8) is 0 Å². The quantitative estimate of drug-likeness (QED) is 0.501. The van der Waals surface area contributed by atoms with Crippen molar-refractivity contribution in [2.75, 3.05) is 26.4 Å². The van der Waals surface area contributed by atoms with Crippen LogP contribution in [-0.4, -0.2) is 55.5 Å². The fourth-order valence-electron chi connectivity index (χ4n) is 4.72. The van der Waals surface area contributed by atoms with Crippen molar-refractivity contribution in [2.24, 2.45) is 5.92 Å². The summed E-state index contributed by atoms with van der Waals surface area (Å²) in [4.78, 5) is 35.9. The first-order valence-corrected chi connectivity index (χ1v) is 11.8. The molecule has 8 nitrogen and oxygen atoms in total. The van der Waals surface area contributed by atoms with E-state index in [1.807, 2.05) is 24.3 Å². The minimum atomic E-state index is -0.917. The molecule has 1 aliphatic heterocycles. The number of benzene rings is 2. The smallest absolute Gasteiger partial charge is 0.407 e. The van der Waals surface area contributed by atoms with E-state index < -0.39 is 12.1 Å². The van der Waals surface area contributed by atoms with Crippen LogP contribution in [0.2, 0.25) is 0 Å². The van der Waals surface area contributed by atoms with Gasteiger partial charge >= 0.3 is 12.1 Å². The minimum Gasteiger partial charge on any atom is -0.481 e. The molecule has 35 heavy (non-hydrogen) atoms. The van der Waals surface area contributed by atoms with Gasteiger partial charge in [-0.3, -0.25) is 9.59 Å². The first-order valence-electron chi connectivity index (χ1n) is 11.8. The lowest BCUT2D eigenvalue weighted by molar-refractivity contribution is -0.140. The lowest BCUT2D eigenvalue weighted by Gasteiger charge is -2.31. The number of amides is 2. The highest BCUT2D eigenvalue weighted by molar-refractivity contribution is 5.93. The highest BCUT2D eigenvalue weighted by Gasteiger charge is 2.30. The first-order chi connectivity index (χ1) is 16.9. The molecular weight excluding hydrogens is 448 g/mol. The molecule has 2 aromatic rings. The fraction of sp³-hybridized carbons (Fsp3) is 0.370. The molecule has 2 aliphatic rings. The summed E-state index contributed by atoms with van der Waals surface area (Å²) >= 11 is 0. The molecule has 2 amide bonds. The zero-order valence-electron chi connectivity index (χ0n) is 19.7. The Morgan fingerprint density at radius 1 is 1.09 bits per heavy atom. The number of carbonyl (C=O) groups excluding carboxylic acids is 2. The van der Waals surface area contributed by atoms with Crippen LogP contribution in [0.4, 0.5) is 4.79 Å². The second-order valence-electron chi connectivity index (χ2n) is 8.90. The predicted molar refractivity (Wildman–Crippen MR) is 130 cm³/mol. The number of fused-ring (bicyclic) bond motifs is 3. The highest BCUT2D eigenvalue weighted by Crippen LogP contribution is 2.44. The molecule has 0 spiro atoms. The van der Waals surface area contributed by atoms with E-state index in [0.29, 0.717) is 25.2 Å². The molecule has 184 valence electrons. The van der Waals surface area contributed by atoms with Crippen LogP contribution < -0.4 is 10.6 Å². The monoisotopic (exact) mass is 478 g/mol. The Labute approximate surface area is 204 Å². The Kier molecular flexibility index (Phi) is 7.82. The number of carboxylic acid groups (broad SMARTS) is 1. The summed E-state index contributed by atoms with van der Waals surface area (Å²) in [5, 5.41) is 14.6. The van der Waals surface area contributed by atoms with Gasteiger partial charge in [0.2, 0.25) is 5.91 Å². The van der Waals surface area contributed by atoms with Crippen LogP contribution >= 0.6 is 0 Å². The van der Waals surface area contributed by atoms with Crippen LogP contribution in [0.15, 0.2) is 60.2 Å². The molecule has 1 heterocycles. The third kappa shape index (κ3) is 5.89. The predicted octanol–water partition coefficient (Wildman–Crippen LogP) is 3.47. The van der Waals surface area contributed by atoms with Gasteiger partial charge in [0.15, 0.2) is 0 Å². The number of aliphatic carboxylic acids is 1. The van der Waals surface area contributed by atoms with E-state index in [9.17, 15) is 14.4 Å². The van der Waals surface area contributed by atoms with Gasteiger partial charge in [-0.15, -0.1) is 0 Å². The summed E-state index contributed by atoms with van der Waals surface area (Å²) in [6, 6.07) is 16.0. The number of rotatable bonds is 8. The molecule has 8 heteroatoms. The molecule has 0 aromatic heterocycles. The molecule has 3 N–H and O–H groups in total. The summed E-state index contributed by atoms with van der Waals surface area (Å²) in [5.41, 5.74) is 5.05. The van der Waals surface area contributed by atoms with Crippen LogP contribution in [0.3, 0.4) is 0 Å². The average Bonchev–Trinajstić information content (AvgIpc) is 3.17. The van der Waals surface area contributed by atoms with Crippen LogP contribution in [0.5, 0.6) is 0 Å².